The van der Waals surface area contributed by atoms with E-state index in [1.54, 1.807) is 12.1 Å². The minimum Gasteiger partial charge on any atom is -0.508 e. The zero-order valence-electron chi connectivity index (χ0n) is 7.04. The first-order valence-electron chi connectivity index (χ1n) is 3.67. The summed E-state index contributed by atoms with van der Waals surface area (Å²) >= 11 is 3.32. The fraction of sp³-hybridized carbons (Fsp3) is 0.222. The van der Waals surface area contributed by atoms with Crippen LogP contribution in [0.5, 0.6) is 5.75 Å². The van der Waals surface area contributed by atoms with Crippen molar-refractivity contribution in [2.45, 2.75) is 13.5 Å². The number of benzene rings is 1. The first kappa shape index (κ1) is 9.96. The minimum atomic E-state index is 0.153. The molecule has 0 heterocycles. The van der Waals surface area contributed by atoms with Gasteiger partial charge < -0.3 is 5.11 Å². The van der Waals surface area contributed by atoms with Crippen LogP contribution in [-0.2, 0) is 11.3 Å². The molecule has 4 heteroatoms. The van der Waals surface area contributed by atoms with Crippen LogP contribution in [0, 0.1) is 6.92 Å². The molecule has 0 unspecified atom stereocenters. The molecular weight excluding hydrogens is 234 g/mol. The van der Waals surface area contributed by atoms with Crippen molar-refractivity contribution in [3.8, 4) is 5.75 Å². The van der Waals surface area contributed by atoms with E-state index in [0.29, 0.717) is 5.56 Å². The van der Waals surface area contributed by atoms with Crippen LogP contribution in [0.2, 0.25) is 0 Å². The van der Waals surface area contributed by atoms with Gasteiger partial charge in [-0.15, -0.1) is 0 Å². The Hall–Kier alpha value is -1.12. The fourth-order valence-electron chi connectivity index (χ4n) is 1.02. The maximum atomic E-state index is 9.90. The number of phenols is 1. The van der Waals surface area contributed by atoms with Gasteiger partial charge in [0.25, 0.3) is 0 Å². The third-order valence-corrected chi connectivity index (χ3v) is 2.67. The van der Waals surface area contributed by atoms with Crippen LogP contribution in [0.25, 0.3) is 0 Å². The molecule has 1 rings (SSSR count). The van der Waals surface area contributed by atoms with Crippen LogP contribution in [0.3, 0.4) is 0 Å². The highest BCUT2D eigenvalue weighted by Gasteiger charge is 2.06. The summed E-state index contributed by atoms with van der Waals surface area (Å²) in [5, 5.41) is 9.43. The predicted molar refractivity (Wildman–Crippen MR) is 52.4 cm³/mol. The lowest BCUT2D eigenvalue weighted by Crippen LogP contribution is -1.89. The molecule has 1 aromatic carbocycles. The third kappa shape index (κ3) is 2.17. The highest BCUT2D eigenvalue weighted by molar-refractivity contribution is 9.10. The molecule has 0 saturated carbocycles. The number of rotatable bonds is 2. The van der Waals surface area contributed by atoms with Gasteiger partial charge in [-0.05, 0) is 24.6 Å². The Morgan fingerprint density at radius 3 is 2.92 bits per heavy atom. The normalized spacial score (nSPS) is 9.38. The monoisotopic (exact) mass is 241 g/mol. The molecule has 0 bridgehead atoms. The van der Waals surface area contributed by atoms with Crippen molar-refractivity contribution in [1.82, 2.24) is 0 Å². The second-order valence-electron chi connectivity index (χ2n) is 2.58. The van der Waals surface area contributed by atoms with Crippen LogP contribution < -0.4 is 0 Å². The lowest BCUT2D eigenvalue weighted by Gasteiger charge is -2.06. The Bertz CT molecular complexity index is 370. The topological polar surface area (TPSA) is 49.7 Å². The number of halogens is 1. The Morgan fingerprint density at radius 1 is 1.62 bits per heavy atom. The van der Waals surface area contributed by atoms with Gasteiger partial charge in [0.2, 0.25) is 6.08 Å². The van der Waals surface area contributed by atoms with Crippen molar-refractivity contribution in [2.24, 2.45) is 4.99 Å². The van der Waals surface area contributed by atoms with E-state index >= 15 is 0 Å². The molecule has 1 N–H and O–H groups in total. The zero-order chi connectivity index (χ0) is 9.84. The Kier molecular flexibility index (Phi) is 3.23. The van der Waals surface area contributed by atoms with Crippen molar-refractivity contribution in [2.75, 3.05) is 0 Å². The molecule has 0 aliphatic heterocycles. The number of aliphatic imine (C=N–C) groups is 1. The maximum Gasteiger partial charge on any atom is 0.235 e. The average Bonchev–Trinajstić information content (AvgIpc) is 2.12. The molecule has 0 aliphatic carbocycles. The molecule has 0 saturated heterocycles. The molecule has 0 spiro atoms. The second-order valence-corrected chi connectivity index (χ2v) is 3.43. The average molecular weight is 242 g/mol. The van der Waals surface area contributed by atoms with Gasteiger partial charge in [-0.3, -0.25) is 0 Å². The molecule has 1 aromatic rings. The summed E-state index contributed by atoms with van der Waals surface area (Å²) in [6, 6.07) is 3.31. The van der Waals surface area contributed by atoms with Gasteiger partial charge in [0, 0.05) is 10.0 Å². The Morgan fingerprint density at radius 2 is 2.31 bits per heavy atom. The van der Waals surface area contributed by atoms with Gasteiger partial charge in [-0.25, -0.2) is 9.79 Å². The Labute approximate surface area is 84.2 Å². The molecule has 0 aliphatic rings. The van der Waals surface area contributed by atoms with Crippen LogP contribution in [0.4, 0.5) is 0 Å². The van der Waals surface area contributed by atoms with Crippen LogP contribution in [-0.4, -0.2) is 11.2 Å². The van der Waals surface area contributed by atoms with E-state index in [1.807, 2.05) is 6.92 Å². The van der Waals surface area contributed by atoms with E-state index in [1.165, 1.54) is 6.08 Å². The number of phenolic OH excluding ortho intramolecular Hbond substituents is 1. The van der Waals surface area contributed by atoms with E-state index in [2.05, 4.69) is 20.9 Å². The van der Waals surface area contributed by atoms with Gasteiger partial charge in [-0.1, -0.05) is 15.9 Å². The van der Waals surface area contributed by atoms with Crippen LogP contribution in [0.15, 0.2) is 21.6 Å². The van der Waals surface area contributed by atoms with E-state index in [4.69, 9.17) is 0 Å². The smallest absolute Gasteiger partial charge is 0.235 e. The maximum absolute atomic E-state index is 9.90. The SMILES string of the molecule is Cc1c(Br)ccc(O)c1CN=C=O. The van der Waals surface area contributed by atoms with Crippen molar-refractivity contribution < 1.29 is 9.90 Å². The molecule has 0 aromatic heterocycles. The van der Waals surface area contributed by atoms with Crippen molar-refractivity contribution in [3.05, 3.63) is 27.7 Å². The molecule has 0 atom stereocenters. The number of isocyanates is 1. The standard InChI is InChI=1S/C9H8BrNO2/c1-6-7(4-11-5-12)9(13)3-2-8(6)10/h2-3,13H,4H2,1H3. The van der Waals surface area contributed by atoms with E-state index in [0.717, 1.165) is 10.0 Å². The summed E-state index contributed by atoms with van der Waals surface area (Å²) in [6.07, 6.45) is 1.44. The van der Waals surface area contributed by atoms with E-state index in [-0.39, 0.29) is 12.3 Å². The van der Waals surface area contributed by atoms with Crippen molar-refractivity contribution >= 4 is 22.0 Å². The third-order valence-electron chi connectivity index (χ3n) is 1.81. The van der Waals surface area contributed by atoms with E-state index in [9.17, 15) is 9.90 Å². The lowest BCUT2D eigenvalue weighted by molar-refractivity contribution is 0.467. The summed E-state index contributed by atoms with van der Waals surface area (Å²) < 4.78 is 0.890. The highest BCUT2D eigenvalue weighted by Crippen LogP contribution is 2.27. The summed E-state index contributed by atoms with van der Waals surface area (Å²) in [4.78, 5) is 13.3. The molecule has 13 heavy (non-hydrogen) atoms. The van der Waals surface area contributed by atoms with E-state index < -0.39 is 0 Å². The first-order valence-corrected chi connectivity index (χ1v) is 4.46. The largest absolute Gasteiger partial charge is 0.508 e. The molecular formula is C9H8BrNO2. The van der Waals surface area contributed by atoms with Gasteiger partial charge in [0.05, 0.1) is 6.54 Å². The molecule has 0 amide bonds. The van der Waals surface area contributed by atoms with Crippen molar-refractivity contribution in [3.63, 3.8) is 0 Å². The minimum absolute atomic E-state index is 0.153. The zero-order valence-corrected chi connectivity index (χ0v) is 8.63. The quantitative estimate of drug-likeness (QED) is 0.638. The number of hydrogen-bond donors (Lipinski definition) is 1. The molecule has 0 fully saturated rings. The number of hydrogen-bond acceptors (Lipinski definition) is 3. The summed E-state index contributed by atoms with van der Waals surface area (Å²) in [7, 11) is 0. The molecule has 0 radical (unpaired) electrons. The van der Waals surface area contributed by atoms with Gasteiger partial charge in [0.15, 0.2) is 0 Å². The Balaban J connectivity index is 3.16. The van der Waals surface area contributed by atoms with Gasteiger partial charge in [0.1, 0.15) is 5.75 Å². The van der Waals surface area contributed by atoms with Gasteiger partial charge >= 0.3 is 0 Å². The summed E-state index contributed by atoms with van der Waals surface area (Å²) in [6.45, 7) is 2.01. The number of nitrogens with zero attached hydrogens (tertiary/aromatic N) is 1. The lowest BCUT2D eigenvalue weighted by atomic mass is 10.1. The summed E-state index contributed by atoms with van der Waals surface area (Å²) in [5.74, 6) is 0.153. The summed E-state index contributed by atoms with van der Waals surface area (Å²) in [5.41, 5.74) is 1.54. The highest BCUT2D eigenvalue weighted by atomic mass is 79.9. The van der Waals surface area contributed by atoms with Gasteiger partial charge in [-0.2, -0.15) is 0 Å². The van der Waals surface area contributed by atoms with Crippen LogP contribution >= 0.6 is 15.9 Å². The van der Waals surface area contributed by atoms with Crippen LogP contribution in [0.1, 0.15) is 11.1 Å². The predicted octanol–water partition coefficient (Wildman–Crippen LogP) is 2.30. The fourth-order valence-corrected chi connectivity index (χ4v) is 1.40. The number of carbonyl (C=O) groups excluding carboxylic acids is 1. The molecule has 3 nitrogen and oxygen atoms in total. The number of aromatic hydroxyl groups is 1. The second kappa shape index (κ2) is 4.21. The van der Waals surface area contributed by atoms with Crippen molar-refractivity contribution in [1.29, 1.82) is 0 Å². The first-order chi connectivity index (χ1) is 6.16. The molecule has 68 valence electrons.